The summed E-state index contributed by atoms with van der Waals surface area (Å²) in [5, 5.41) is 0. The molecule has 0 unspecified atom stereocenters. The summed E-state index contributed by atoms with van der Waals surface area (Å²) in [6, 6.07) is 3.99. The van der Waals surface area contributed by atoms with Gasteiger partial charge in [0.1, 0.15) is 0 Å². The van der Waals surface area contributed by atoms with Gasteiger partial charge in [-0.2, -0.15) is 0 Å². The molecule has 0 bridgehead atoms. The molecule has 0 radical (unpaired) electrons. The number of hydrogen-bond donors (Lipinski definition) is 1. The lowest BCUT2D eigenvalue weighted by molar-refractivity contribution is 0.346. The van der Waals surface area contributed by atoms with Crippen molar-refractivity contribution in [3.63, 3.8) is 0 Å². The largest absolute Gasteiger partial charge is 0.493 e. The van der Waals surface area contributed by atoms with Gasteiger partial charge >= 0.3 is 0 Å². The molecule has 2 N–H and O–H groups in total. The Morgan fingerprint density at radius 2 is 1.94 bits per heavy atom. The van der Waals surface area contributed by atoms with Crippen LogP contribution in [0.5, 0.6) is 11.5 Å². The van der Waals surface area contributed by atoms with E-state index in [1.165, 1.54) is 5.56 Å². The van der Waals surface area contributed by atoms with E-state index in [1.54, 1.807) is 26.0 Å². The van der Waals surface area contributed by atoms with Crippen molar-refractivity contribution in [2.75, 3.05) is 20.5 Å². The molecule has 0 aromatic heterocycles. The highest BCUT2D eigenvalue weighted by molar-refractivity contribution is 7.98. The van der Waals surface area contributed by atoms with Crippen LogP contribution in [0.25, 0.3) is 0 Å². The second kappa shape index (κ2) is 4.18. The third-order valence-electron chi connectivity index (χ3n) is 3.03. The fraction of sp³-hybridized carbons (Fsp3) is 0.500. The summed E-state index contributed by atoms with van der Waals surface area (Å²) in [6.45, 7) is 0. The van der Waals surface area contributed by atoms with Crippen LogP contribution in [-0.2, 0) is 5.54 Å². The number of nitrogens with two attached hydrogens (primary N) is 1. The average molecular weight is 239 g/mol. The Hall–Kier alpha value is -0.870. The van der Waals surface area contributed by atoms with Gasteiger partial charge in [0, 0.05) is 5.54 Å². The highest BCUT2D eigenvalue weighted by atomic mass is 32.2. The lowest BCUT2D eigenvalue weighted by atomic mass is 10.1. The Balaban J connectivity index is 2.55. The lowest BCUT2D eigenvalue weighted by Gasteiger charge is -2.18. The number of benzene rings is 1. The normalized spacial score (nSPS) is 17.0. The number of hydrogen-bond acceptors (Lipinski definition) is 4. The maximum absolute atomic E-state index is 6.25. The average Bonchev–Trinajstić information content (AvgIpc) is 3.06. The summed E-state index contributed by atoms with van der Waals surface area (Å²) < 4.78 is 10.7. The van der Waals surface area contributed by atoms with Crippen molar-refractivity contribution < 1.29 is 9.47 Å². The SMILES string of the molecule is COc1ccc(C2(N)CC2)c(SC)c1OC. The van der Waals surface area contributed by atoms with Crippen LogP contribution in [0.2, 0.25) is 0 Å². The smallest absolute Gasteiger partial charge is 0.174 e. The number of ether oxygens (including phenoxy) is 2. The predicted molar refractivity (Wildman–Crippen MR) is 66.4 cm³/mol. The van der Waals surface area contributed by atoms with E-state index in [-0.39, 0.29) is 5.54 Å². The summed E-state index contributed by atoms with van der Waals surface area (Å²) in [5.41, 5.74) is 7.29. The minimum absolute atomic E-state index is 0.141. The molecule has 1 saturated carbocycles. The van der Waals surface area contributed by atoms with Crippen LogP contribution in [0.1, 0.15) is 18.4 Å². The van der Waals surface area contributed by atoms with Crippen molar-refractivity contribution in [2.45, 2.75) is 23.3 Å². The van der Waals surface area contributed by atoms with E-state index in [0.29, 0.717) is 0 Å². The number of rotatable bonds is 4. The van der Waals surface area contributed by atoms with E-state index in [4.69, 9.17) is 15.2 Å². The van der Waals surface area contributed by atoms with E-state index >= 15 is 0 Å². The molecule has 0 spiro atoms. The predicted octanol–water partition coefficient (Wildman–Crippen LogP) is 2.37. The third-order valence-corrected chi connectivity index (χ3v) is 3.84. The molecule has 1 aliphatic carbocycles. The standard InChI is InChI=1S/C12H17NO2S/c1-14-9-5-4-8(12(13)6-7-12)11(16-3)10(9)15-2/h4-5H,6-7,13H2,1-3H3. The van der Waals surface area contributed by atoms with Crippen molar-refractivity contribution in [1.82, 2.24) is 0 Å². The Morgan fingerprint density at radius 1 is 1.25 bits per heavy atom. The van der Waals surface area contributed by atoms with Crippen molar-refractivity contribution in [1.29, 1.82) is 0 Å². The summed E-state index contributed by atoms with van der Waals surface area (Å²) in [4.78, 5) is 1.10. The van der Waals surface area contributed by atoms with Gasteiger partial charge in [0.25, 0.3) is 0 Å². The zero-order valence-corrected chi connectivity index (χ0v) is 10.7. The molecule has 1 aromatic carbocycles. The molecule has 0 saturated heterocycles. The van der Waals surface area contributed by atoms with E-state index in [1.807, 2.05) is 12.3 Å². The monoisotopic (exact) mass is 239 g/mol. The van der Waals surface area contributed by atoms with Gasteiger partial charge in [0.05, 0.1) is 19.1 Å². The molecular formula is C12H17NO2S. The fourth-order valence-corrected chi connectivity index (χ4v) is 2.76. The Kier molecular flexibility index (Phi) is 3.04. The van der Waals surface area contributed by atoms with E-state index in [0.717, 1.165) is 29.2 Å². The minimum atomic E-state index is -0.141. The summed E-state index contributed by atoms with van der Waals surface area (Å²) in [5.74, 6) is 1.56. The summed E-state index contributed by atoms with van der Waals surface area (Å²) >= 11 is 1.66. The molecule has 0 aliphatic heterocycles. The van der Waals surface area contributed by atoms with Gasteiger partial charge < -0.3 is 15.2 Å². The maximum atomic E-state index is 6.25. The zero-order valence-electron chi connectivity index (χ0n) is 9.87. The topological polar surface area (TPSA) is 44.5 Å². The molecule has 1 aromatic rings. The first-order chi connectivity index (χ1) is 7.66. The van der Waals surface area contributed by atoms with Gasteiger partial charge in [-0.25, -0.2) is 0 Å². The highest BCUT2D eigenvalue weighted by Crippen LogP contribution is 2.50. The van der Waals surface area contributed by atoms with Gasteiger partial charge in [-0.3, -0.25) is 0 Å². The van der Waals surface area contributed by atoms with Crippen LogP contribution >= 0.6 is 11.8 Å². The number of thioether (sulfide) groups is 1. The molecule has 0 heterocycles. The lowest BCUT2D eigenvalue weighted by Crippen LogP contribution is -2.20. The summed E-state index contributed by atoms with van der Waals surface area (Å²) in [7, 11) is 3.31. The van der Waals surface area contributed by atoms with Crippen LogP contribution in [0, 0.1) is 0 Å². The molecule has 0 atom stereocenters. The summed E-state index contributed by atoms with van der Waals surface area (Å²) in [6.07, 6.45) is 4.14. The van der Waals surface area contributed by atoms with Crippen LogP contribution < -0.4 is 15.2 Å². The molecule has 1 aliphatic rings. The molecule has 2 rings (SSSR count). The van der Waals surface area contributed by atoms with E-state index < -0.39 is 0 Å². The van der Waals surface area contributed by atoms with Gasteiger partial charge in [-0.05, 0) is 30.7 Å². The van der Waals surface area contributed by atoms with Gasteiger partial charge in [-0.15, -0.1) is 11.8 Å². The first-order valence-corrected chi connectivity index (χ1v) is 6.47. The van der Waals surface area contributed by atoms with Crippen molar-refractivity contribution in [3.05, 3.63) is 17.7 Å². The third kappa shape index (κ3) is 1.76. The van der Waals surface area contributed by atoms with Crippen LogP contribution in [0.4, 0.5) is 0 Å². The quantitative estimate of drug-likeness (QED) is 0.819. The highest BCUT2D eigenvalue weighted by Gasteiger charge is 2.42. The molecular weight excluding hydrogens is 222 g/mol. The Labute approximate surface area is 100 Å². The van der Waals surface area contributed by atoms with Crippen LogP contribution in [0.15, 0.2) is 17.0 Å². The van der Waals surface area contributed by atoms with Gasteiger partial charge in [0.2, 0.25) is 0 Å². The second-order valence-electron chi connectivity index (χ2n) is 4.04. The molecule has 88 valence electrons. The van der Waals surface area contributed by atoms with Crippen LogP contribution in [0.3, 0.4) is 0 Å². The van der Waals surface area contributed by atoms with E-state index in [9.17, 15) is 0 Å². The van der Waals surface area contributed by atoms with Crippen molar-refractivity contribution in [2.24, 2.45) is 5.73 Å². The molecule has 0 amide bonds. The second-order valence-corrected chi connectivity index (χ2v) is 4.85. The fourth-order valence-electron chi connectivity index (χ4n) is 1.90. The minimum Gasteiger partial charge on any atom is -0.493 e. The first kappa shape index (κ1) is 11.6. The zero-order chi connectivity index (χ0) is 11.8. The number of methoxy groups -OCH3 is 2. The van der Waals surface area contributed by atoms with Crippen LogP contribution in [-0.4, -0.2) is 20.5 Å². The van der Waals surface area contributed by atoms with Crippen molar-refractivity contribution in [3.8, 4) is 11.5 Å². The molecule has 16 heavy (non-hydrogen) atoms. The molecule has 1 fully saturated rings. The van der Waals surface area contributed by atoms with Gasteiger partial charge in [-0.1, -0.05) is 6.07 Å². The molecule has 3 nitrogen and oxygen atoms in total. The van der Waals surface area contributed by atoms with E-state index in [2.05, 4.69) is 6.07 Å². The van der Waals surface area contributed by atoms with Gasteiger partial charge in [0.15, 0.2) is 11.5 Å². The van der Waals surface area contributed by atoms with Crippen molar-refractivity contribution >= 4 is 11.8 Å². The first-order valence-electron chi connectivity index (χ1n) is 5.24. The Bertz CT molecular complexity index is 402. The Morgan fingerprint density at radius 3 is 2.38 bits per heavy atom. The maximum Gasteiger partial charge on any atom is 0.174 e. The molecule has 4 heteroatoms.